The standard InChI is InChI=1S/C13H18N2O3/c16-11-6-9(7-12(17)8-11)13(18)15-5-3-10-2-1-4-14-10/h6-8,10,14,16-17H,1-5H2,(H,15,18)/t10-/m0/s1. The Morgan fingerprint density at radius 3 is 2.67 bits per heavy atom. The lowest BCUT2D eigenvalue weighted by Crippen LogP contribution is -2.30. The molecule has 0 saturated carbocycles. The monoisotopic (exact) mass is 250 g/mol. The van der Waals surface area contributed by atoms with Crippen LogP contribution in [-0.2, 0) is 0 Å². The SMILES string of the molecule is O=C(NCC[C@@H]1CCCN1)c1cc(O)cc(O)c1. The molecule has 2 rings (SSSR count). The molecule has 4 N–H and O–H groups in total. The molecule has 1 aromatic rings. The number of amides is 1. The fourth-order valence-corrected chi connectivity index (χ4v) is 2.19. The lowest BCUT2D eigenvalue weighted by Gasteiger charge is -2.11. The van der Waals surface area contributed by atoms with Gasteiger partial charge in [0.15, 0.2) is 0 Å². The Balaban J connectivity index is 1.83. The van der Waals surface area contributed by atoms with Crippen LogP contribution in [0.1, 0.15) is 29.6 Å². The Morgan fingerprint density at radius 1 is 1.33 bits per heavy atom. The van der Waals surface area contributed by atoms with E-state index in [2.05, 4.69) is 10.6 Å². The number of phenolic OH excluding ortho intramolecular Hbond substituents is 2. The van der Waals surface area contributed by atoms with Gasteiger partial charge in [0, 0.05) is 24.2 Å². The van der Waals surface area contributed by atoms with E-state index in [0.29, 0.717) is 12.6 Å². The van der Waals surface area contributed by atoms with Gasteiger partial charge in [-0.2, -0.15) is 0 Å². The zero-order valence-corrected chi connectivity index (χ0v) is 10.1. The summed E-state index contributed by atoms with van der Waals surface area (Å²) in [5, 5.41) is 24.7. The molecule has 0 aliphatic carbocycles. The number of rotatable bonds is 4. The van der Waals surface area contributed by atoms with Gasteiger partial charge in [0.05, 0.1) is 0 Å². The number of carbonyl (C=O) groups excluding carboxylic acids is 1. The van der Waals surface area contributed by atoms with Crippen molar-refractivity contribution < 1.29 is 15.0 Å². The predicted molar refractivity (Wildman–Crippen MR) is 67.7 cm³/mol. The van der Waals surface area contributed by atoms with Gasteiger partial charge in [-0.25, -0.2) is 0 Å². The molecule has 1 fully saturated rings. The summed E-state index contributed by atoms with van der Waals surface area (Å²) in [6.07, 6.45) is 3.25. The van der Waals surface area contributed by atoms with Crippen molar-refractivity contribution in [1.82, 2.24) is 10.6 Å². The molecule has 1 heterocycles. The van der Waals surface area contributed by atoms with E-state index in [9.17, 15) is 15.0 Å². The summed E-state index contributed by atoms with van der Waals surface area (Å²) in [5.41, 5.74) is 0.270. The van der Waals surface area contributed by atoms with Gasteiger partial charge in [0.25, 0.3) is 5.91 Å². The Morgan fingerprint density at radius 2 is 2.06 bits per heavy atom. The normalized spacial score (nSPS) is 18.8. The van der Waals surface area contributed by atoms with Crippen molar-refractivity contribution in [2.75, 3.05) is 13.1 Å². The average molecular weight is 250 g/mol. The predicted octanol–water partition coefficient (Wildman–Crippen LogP) is 0.970. The topological polar surface area (TPSA) is 81.6 Å². The van der Waals surface area contributed by atoms with Crippen LogP contribution in [0.25, 0.3) is 0 Å². The van der Waals surface area contributed by atoms with Crippen LogP contribution in [0.3, 0.4) is 0 Å². The molecule has 5 nitrogen and oxygen atoms in total. The second-order valence-electron chi connectivity index (χ2n) is 4.58. The van der Waals surface area contributed by atoms with Gasteiger partial charge in [-0.05, 0) is 37.9 Å². The maximum atomic E-state index is 11.8. The van der Waals surface area contributed by atoms with Gasteiger partial charge < -0.3 is 20.8 Å². The molecule has 0 spiro atoms. The van der Waals surface area contributed by atoms with Gasteiger partial charge in [-0.1, -0.05) is 0 Å². The molecular weight excluding hydrogens is 232 g/mol. The summed E-state index contributed by atoms with van der Waals surface area (Å²) in [5.74, 6) is -0.505. The van der Waals surface area contributed by atoms with Crippen LogP contribution in [0, 0.1) is 0 Å². The fraction of sp³-hybridized carbons (Fsp3) is 0.462. The van der Waals surface area contributed by atoms with Crippen molar-refractivity contribution in [2.45, 2.75) is 25.3 Å². The number of hydrogen-bond donors (Lipinski definition) is 4. The summed E-state index contributed by atoms with van der Waals surface area (Å²) in [6, 6.07) is 4.35. The quantitative estimate of drug-likeness (QED) is 0.642. The molecule has 1 atom stereocenters. The third kappa shape index (κ3) is 3.37. The molecule has 1 saturated heterocycles. The maximum absolute atomic E-state index is 11.8. The first-order valence-electron chi connectivity index (χ1n) is 6.20. The summed E-state index contributed by atoms with van der Waals surface area (Å²) in [7, 11) is 0. The number of nitrogens with one attached hydrogen (secondary N) is 2. The highest BCUT2D eigenvalue weighted by Gasteiger charge is 2.14. The Labute approximate surface area is 106 Å². The third-order valence-electron chi connectivity index (χ3n) is 3.11. The van der Waals surface area contributed by atoms with Gasteiger partial charge >= 0.3 is 0 Å². The highest BCUT2D eigenvalue weighted by Crippen LogP contribution is 2.20. The highest BCUT2D eigenvalue weighted by molar-refractivity contribution is 5.95. The van der Waals surface area contributed by atoms with Crippen LogP contribution >= 0.6 is 0 Å². The van der Waals surface area contributed by atoms with Crippen LogP contribution in [0.2, 0.25) is 0 Å². The Bertz CT molecular complexity index is 408. The summed E-state index contributed by atoms with van der Waals surface area (Å²) in [4.78, 5) is 11.8. The molecule has 5 heteroatoms. The molecule has 1 amide bonds. The lowest BCUT2D eigenvalue weighted by atomic mass is 10.1. The summed E-state index contributed by atoms with van der Waals surface area (Å²) in [6.45, 7) is 1.64. The average Bonchev–Trinajstić information content (AvgIpc) is 2.80. The third-order valence-corrected chi connectivity index (χ3v) is 3.11. The van der Waals surface area contributed by atoms with Gasteiger partial charge in [0.1, 0.15) is 11.5 Å². The highest BCUT2D eigenvalue weighted by atomic mass is 16.3. The van der Waals surface area contributed by atoms with Gasteiger partial charge in [-0.15, -0.1) is 0 Å². The minimum absolute atomic E-state index is 0.113. The molecule has 0 aromatic heterocycles. The van der Waals surface area contributed by atoms with Crippen molar-refractivity contribution in [2.24, 2.45) is 0 Å². The molecule has 18 heavy (non-hydrogen) atoms. The fourth-order valence-electron chi connectivity index (χ4n) is 2.19. The molecule has 1 aromatic carbocycles. The Hall–Kier alpha value is -1.75. The van der Waals surface area contributed by atoms with Crippen molar-refractivity contribution >= 4 is 5.91 Å². The number of benzene rings is 1. The first kappa shape index (κ1) is 12.7. The zero-order valence-electron chi connectivity index (χ0n) is 10.1. The number of carbonyl (C=O) groups is 1. The minimum Gasteiger partial charge on any atom is -0.508 e. The molecule has 0 bridgehead atoms. The summed E-state index contributed by atoms with van der Waals surface area (Å²) < 4.78 is 0. The number of aromatic hydroxyl groups is 2. The van der Waals surface area contributed by atoms with E-state index in [-0.39, 0.29) is 23.0 Å². The van der Waals surface area contributed by atoms with E-state index in [0.717, 1.165) is 19.4 Å². The van der Waals surface area contributed by atoms with Gasteiger partial charge in [-0.3, -0.25) is 4.79 Å². The van der Waals surface area contributed by atoms with E-state index in [1.807, 2.05) is 0 Å². The maximum Gasteiger partial charge on any atom is 0.251 e. The van der Waals surface area contributed by atoms with Crippen LogP contribution in [0.15, 0.2) is 18.2 Å². The van der Waals surface area contributed by atoms with Crippen LogP contribution < -0.4 is 10.6 Å². The smallest absolute Gasteiger partial charge is 0.251 e. The lowest BCUT2D eigenvalue weighted by molar-refractivity contribution is 0.0951. The molecule has 98 valence electrons. The van der Waals surface area contributed by atoms with E-state index in [1.165, 1.54) is 24.6 Å². The second-order valence-corrected chi connectivity index (χ2v) is 4.58. The van der Waals surface area contributed by atoms with Crippen molar-refractivity contribution in [3.05, 3.63) is 23.8 Å². The van der Waals surface area contributed by atoms with Gasteiger partial charge in [0.2, 0.25) is 0 Å². The van der Waals surface area contributed by atoms with Crippen molar-refractivity contribution in [3.8, 4) is 11.5 Å². The van der Waals surface area contributed by atoms with E-state index in [4.69, 9.17) is 0 Å². The van der Waals surface area contributed by atoms with Crippen molar-refractivity contribution in [1.29, 1.82) is 0 Å². The molecule has 0 unspecified atom stereocenters. The molecule has 0 radical (unpaired) electrons. The van der Waals surface area contributed by atoms with Crippen molar-refractivity contribution in [3.63, 3.8) is 0 Å². The second kappa shape index (κ2) is 5.73. The minimum atomic E-state index is -0.279. The molecule has 1 aliphatic rings. The van der Waals surface area contributed by atoms with E-state index in [1.54, 1.807) is 0 Å². The number of phenols is 2. The van der Waals surface area contributed by atoms with Crippen LogP contribution in [0.5, 0.6) is 11.5 Å². The summed E-state index contributed by atoms with van der Waals surface area (Å²) >= 11 is 0. The first-order chi connectivity index (χ1) is 8.65. The van der Waals surface area contributed by atoms with E-state index >= 15 is 0 Å². The first-order valence-corrected chi connectivity index (χ1v) is 6.20. The molecular formula is C13H18N2O3. The van der Waals surface area contributed by atoms with E-state index < -0.39 is 0 Å². The Kier molecular flexibility index (Phi) is 4.04. The largest absolute Gasteiger partial charge is 0.508 e. The van der Waals surface area contributed by atoms with Crippen LogP contribution in [-0.4, -0.2) is 35.3 Å². The molecule has 1 aliphatic heterocycles. The van der Waals surface area contributed by atoms with Crippen LogP contribution in [0.4, 0.5) is 0 Å². The zero-order chi connectivity index (χ0) is 13.0. The number of hydrogen-bond acceptors (Lipinski definition) is 4.